The van der Waals surface area contributed by atoms with Crippen molar-refractivity contribution < 1.29 is 27.5 Å². The molecule has 4 rings (SSSR count). The van der Waals surface area contributed by atoms with E-state index in [1.807, 2.05) is 51.1 Å². The molecule has 41 heavy (non-hydrogen) atoms. The fraction of sp³-hybridized carbons (Fsp3) is 0.355. The summed E-state index contributed by atoms with van der Waals surface area (Å²) in [4.78, 5) is 28.8. The molecule has 0 aliphatic carbocycles. The minimum atomic E-state index is -4.16. The lowest BCUT2D eigenvalue weighted by Crippen LogP contribution is -2.54. The second kappa shape index (κ2) is 13.5. The number of amides is 2. The Balaban J connectivity index is 1.71. The summed E-state index contributed by atoms with van der Waals surface area (Å²) in [6.07, 6.45) is 0.877. The summed E-state index contributed by atoms with van der Waals surface area (Å²) in [5, 5.41) is 2.91. The van der Waals surface area contributed by atoms with Gasteiger partial charge in [0.05, 0.1) is 10.6 Å². The second-order valence-corrected chi connectivity index (χ2v) is 11.9. The van der Waals surface area contributed by atoms with Crippen molar-refractivity contribution in [2.24, 2.45) is 0 Å². The van der Waals surface area contributed by atoms with Crippen LogP contribution in [0.2, 0.25) is 0 Å². The molecule has 1 aliphatic heterocycles. The molecule has 0 fully saturated rings. The average Bonchev–Trinajstić information content (AvgIpc) is 2.98. The molecule has 1 aliphatic rings. The van der Waals surface area contributed by atoms with E-state index in [-0.39, 0.29) is 29.1 Å². The lowest BCUT2D eigenvalue weighted by Gasteiger charge is -2.33. The zero-order chi connectivity index (χ0) is 29.4. The number of nitrogens with zero attached hydrogens (tertiary/aromatic N) is 2. The van der Waals surface area contributed by atoms with Crippen molar-refractivity contribution in [3.63, 3.8) is 0 Å². The van der Waals surface area contributed by atoms with Crippen molar-refractivity contribution in [1.82, 2.24) is 10.2 Å². The van der Waals surface area contributed by atoms with Gasteiger partial charge in [0.15, 0.2) is 11.5 Å². The van der Waals surface area contributed by atoms with Crippen LogP contribution in [0.1, 0.15) is 32.8 Å². The van der Waals surface area contributed by atoms with Gasteiger partial charge in [-0.05, 0) is 56.5 Å². The van der Waals surface area contributed by atoms with Gasteiger partial charge in [0.1, 0.15) is 25.8 Å². The highest BCUT2D eigenvalue weighted by molar-refractivity contribution is 7.92. The highest BCUT2D eigenvalue weighted by atomic mass is 32.2. The van der Waals surface area contributed by atoms with Crippen molar-refractivity contribution in [2.75, 3.05) is 30.6 Å². The van der Waals surface area contributed by atoms with E-state index < -0.39 is 28.5 Å². The number of rotatable bonds is 12. The summed E-state index contributed by atoms with van der Waals surface area (Å²) in [6, 6.07) is 21.5. The number of fused-ring (bicyclic) bond motifs is 1. The Morgan fingerprint density at radius 3 is 2.17 bits per heavy atom. The average molecular weight is 580 g/mol. The topological polar surface area (TPSA) is 105 Å². The van der Waals surface area contributed by atoms with Crippen molar-refractivity contribution in [1.29, 1.82) is 0 Å². The maximum Gasteiger partial charge on any atom is 0.264 e. The lowest BCUT2D eigenvalue weighted by molar-refractivity contribution is -0.139. The zero-order valence-corrected chi connectivity index (χ0v) is 24.5. The SMILES string of the molecule is CCC(C(=O)NC(C)C)N(CCc1ccccc1)C(=O)CN(c1ccc2c(c1)OCCO2)S(=O)(=O)c1ccccc1. The van der Waals surface area contributed by atoms with E-state index >= 15 is 0 Å². The zero-order valence-electron chi connectivity index (χ0n) is 23.7. The molecule has 1 heterocycles. The number of anilines is 1. The Labute approximate surface area is 242 Å². The lowest BCUT2D eigenvalue weighted by atomic mass is 10.1. The van der Waals surface area contributed by atoms with Crippen LogP contribution in [0.15, 0.2) is 83.8 Å². The molecule has 2 amide bonds. The molecule has 1 N–H and O–H groups in total. The third-order valence-corrected chi connectivity index (χ3v) is 8.51. The summed E-state index contributed by atoms with van der Waals surface area (Å²) in [5.74, 6) is 0.143. The fourth-order valence-corrected chi connectivity index (χ4v) is 6.14. The van der Waals surface area contributed by atoms with Gasteiger partial charge >= 0.3 is 0 Å². The molecule has 1 unspecified atom stereocenters. The fourth-order valence-electron chi connectivity index (χ4n) is 4.71. The van der Waals surface area contributed by atoms with Crippen LogP contribution in [0.4, 0.5) is 5.69 Å². The molecule has 0 spiro atoms. The van der Waals surface area contributed by atoms with Gasteiger partial charge in [0, 0.05) is 18.7 Å². The summed E-state index contributed by atoms with van der Waals surface area (Å²) < 4.78 is 40.3. The maximum atomic E-state index is 14.1. The summed E-state index contributed by atoms with van der Waals surface area (Å²) in [7, 11) is -4.16. The maximum absolute atomic E-state index is 14.1. The number of ether oxygens (including phenoxy) is 2. The smallest absolute Gasteiger partial charge is 0.264 e. The van der Waals surface area contributed by atoms with E-state index in [0.29, 0.717) is 37.6 Å². The summed E-state index contributed by atoms with van der Waals surface area (Å²) in [6.45, 7) is 6.02. The number of benzene rings is 3. The number of carbonyl (C=O) groups is 2. The van der Waals surface area contributed by atoms with Crippen molar-refractivity contribution >= 4 is 27.5 Å². The summed E-state index contributed by atoms with van der Waals surface area (Å²) in [5.41, 5.74) is 1.26. The van der Waals surface area contributed by atoms with Crippen LogP contribution in [0.25, 0.3) is 0 Å². The molecule has 0 bridgehead atoms. The van der Waals surface area contributed by atoms with Gasteiger partial charge in [-0.2, -0.15) is 0 Å². The number of sulfonamides is 1. The highest BCUT2D eigenvalue weighted by Crippen LogP contribution is 2.36. The van der Waals surface area contributed by atoms with Gasteiger partial charge < -0.3 is 19.7 Å². The molecule has 3 aromatic rings. The molecule has 9 nitrogen and oxygen atoms in total. The Morgan fingerprint density at radius 1 is 0.902 bits per heavy atom. The van der Waals surface area contributed by atoms with Crippen LogP contribution in [-0.2, 0) is 26.0 Å². The minimum absolute atomic E-state index is 0.0446. The molecular formula is C31H37N3O6S. The Morgan fingerprint density at radius 2 is 1.54 bits per heavy atom. The molecule has 1 atom stereocenters. The van der Waals surface area contributed by atoms with Crippen LogP contribution < -0.4 is 19.1 Å². The van der Waals surface area contributed by atoms with Gasteiger partial charge in [0.25, 0.3) is 10.0 Å². The van der Waals surface area contributed by atoms with Crippen molar-refractivity contribution in [3.8, 4) is 11.5 Å². The normalized spacial score (nSPS) is 13.4. The highest BCUT2D eigenvalue weighted by Gasteiger charge is 2.34. The van der Waals surface area contributed by atoms with Gasteiger partial charge in [-0.1, -0.05) is 55.5 Å². The third-order valence-electron chi connectivity index (χ3n) is 6.72. The Kier molecular flexibility index (Phi) is 9.88. The van der Waals surface area contributed by atoms with Gasteiger partial charge in [-0.15, -0.1) is 0 Å². The van der Waals surface area contributed by atoms with E-state index in [4.69, 9.17) is 9.47 Å². The number of nitrogens with one attached hydrogen (secondary N) is 1. The predicted octanol–water partition coefficient (Wildman–Crippen LogP) is 4.03. The number of hydrogen-bond acceptors (Lipinski definition) is 6. The predicted molar refractivity (Wildman–Crippen MR) is 158 cm³/mol. The standard InChI is InChI=1S/C31H37N3O6S/c1-4-27(31(36)32-23(2)3)33(18-17-24-11-7-5-8-12-24)30(35)22-34(41(37,38)26-13-9-6-10-14-26)25-15-16-28-29(21-25)40-20-19-39-28/h5-16,21,23,27H,4,17-20,22H2,1-3H3,(H,32,36). The molecule has 218 valence electrons. The molecule has 0 saturated carbocycles. The van der Waals surface area contributed by atoms with Gasteiger partial charge in [-0.3, -0.25) is 13.9 Å². The first-order valence-corrected chi connectivity index (χ1v) is 15.3. The second-order valence-electron chi connectivity index (χ2n) is 10.1. The molecule has 0 radical (unpaired) electrons. The first kappa shape index (κ1) is 29.9. The molecule has 3 aromatic carbocycles. The molecular weight excluding hydrogens is 542 g/mol. The van der Waals surface area contributed by atoms with Crippen LogP contribution in [0, 0.1) is 0 Å². The van der Waals surface area contributed by atoms with Gasteiger partial charge in [0.2, 0.25) is 11.8 Å². The van der Waals surface area contributed by atoms with E-state index in [9.17, 15) is 18.0 Å². The first-order valence-electron chi connectivity index (χ1n) is 13.8. The van der Waals surface area contributed by atoms with E-state index in [1.54, 1.807) is 36.4 Å². The molecule has 10 heteroatoms. The first-order chi connectivity index (χ1) is 19.7. The van der Waals surface area contributed by atoms with Crippen LogP contribution in [0.3, 0.4) is 0 Å². The van der Waals surface area contributed by atoms with Gasteiger partial charge in [-0.25, -0.2) is 8.42 Å². The number of hydrogen-bond donors (Lipinski definition) is 1. The monoisotopic (exact) mass is 579 g/mol. The van der Waals surface area contributed by atoms with Crippen LogP contribution >= 0.6 is 0 Å². The quantitative estimate of drug-likeness (QED) is 0.348. The Bertz CT molecular complexity index is 1430. The summed E-state index contributed by atoms with van der Waals surface area (Å²) >= 11 is 0. The third kappa shape index (κ3) is 7.38. The largest absolute Gasteiger partial charge is 0.486 e. The molecule has 0 aromatic heterocycles. The molecule has 0 saturated heterocycles. The Hall–Kier alpha value is -4.05. The van der Waals surface area contributed by atoms with E-state index in [2.05, 4.69) is 5.32 Å². The van der Waals surface area contributed by atoms with Crippen LogP contribution in [-0.4, -0.2) is 63.5 Å². The minimum Gasteiger partial charge on any atom is -0.486 e. The van der Waals surface area contributed by atoms with Crippen molar-refractivity contribution in [3.05, 3.63) is 84.4 Å². The van der Waals surface area contributed by atoms with E-state index in [1.165, 1.54) is 17.0 Å². The van der Waals surface area contributed by atoms with Crippen LogP contribution in [0.5, 0.6) is 11.5 Å². The van der Waals surface area contributed by atoms with Crippen molar-refractivity contribution in [2.45, 2.75) is 50.6 Å². The van der Waals surface area contributed by atoms with E-state index in [0.717, 1.165) is 9.87 Å². The number of carbonyl (C=O) groups excluding carboxylic acids is 2.